The number of aromatic nitrogens is 3. The highest BCUT2D eigenvalue weighted by molar-refractivity contribution is 5.86. The third-order valence-corrected chi connectivity index (χ3v) is 1.09. The molecule has 1 aromatic heterocycles. The van der Waals surface area contributed by atoms with Crippen molar-refractivity contribution >= 4 is 5.97 Å². The zero-order valence-corrected chi connectivity index (χ0v) is 6.40. The molecule has 1 heterocycles. The van der Waals surface area contributed by atoms with Crippen molar-refractivity contribution in [1.29, 1.82) is 0 Å². The van der Waals surface area contributed by atoms with Gasteiger partial charge in [0, 0.05) is 0 Å². The molecule has 64 valence electrons. The third-order valence-electron chi connectivity index (χ3n) is 1.09. The van der Waals surface area contributed by atoms with Gasteiger partial charge in [0.05, 0.1) is 6.61 Å². The number of esters is 1. The van der Waals surface area contributed by atoms with Gasteiger partial charge in [-0.15, -0.1) is 10.2 Å². The number of hydrogen-bond donors (Lipinski definition) is 1. The maximum Gasteiger partial charge on any atom is 0.364 e. The van der Waals surface area contributed by atoms with E-state index < -0.39 is 11.5 Å². The van der Waals surface area contributed by atoms with Crippen LogP contribution in [-0.4, -0.2) is 27.8 Å². The zero-order valence-electron chi connectivity index (χ0n) is 6.40. The molecule has 6 nitrogen and oxygen atoms in total. The Morgan fingerprint density at radius 3 is 3.08 bits per heavy atom. The second-order valence-corrected chi connectivity index (χ2v) is 1.89. The van der Waals surface area contributed by atoms with Crippen molar-refractivity contribution in [3.8, 4) is 0 Å². The van der Waals surface area contributed by atoms with Gasteiger partial charge in [0.1, 0.15) is 6.33 Å². The van der Waals surface area contributed by atoms with E-state index in [0.717, 1.165) is 6.33 Å². The van der Waals surface area contributed by atoms with Crippen LogP contribution in [0.5, 0.6) is 0 Å². The Hall–Kier alpha value is -1.72. The highest BCUT2D eigenvalue weighted by atomic mass is 16.5. The Balaban J connectivity index is 2.95. The lowest BCUT2D eigenvalue weighted by Gasteiger charge is -1.96. The highest BCUT2D eigenvalue weighted by Gasteiger charge is 2.12. The summed E-state index contributed by atoms with van der Waals surface area (Å²) in [5, 5.41) is 6.67. The number of rotatable bonds is 2. The molecular weight excluding hydrogens is 162 g/mol. The molecule has 12 heavy (non-hydrogen) atoms. The summed E-state index contributed by atoms with van der Waals surface area (Å²) in [4.78, 5) is 24.0. The monoisotopic (exact) mass is 169 g/mol. The van der Waals surface area contributed by atoms with Crippen molar-refractivity contribution in [1.82, 2.24) is 15.2 Å². The average molecular weight is 169 g/mol. The Labute approximate surface area is 67.6 Å². The number of nitrogens with zero attached hydrogens (tertiary/aromatic N) is 2. The summed E-state index contributed by atoms with van der Waals surface area (Å²) in [5.74, 6) is -0.758. The van der Waals surface area contributed by atoms with E-state index in [-0.39, 0.29) is 12.3 Å². The summed E-state index contributed by atoms with van der Waals surface area (Å²) in [7, 11) is 0. The number of hydrogen-bond acceptors (Lipinski definition) is 5. The van der Waals surface area contributed by atoms with Crippen molar-refractivity contribution in [2.24, 2.45) is 0 Å². The van der Waals surface area contributed by atoms with E-state index in [1.165, 1.54) is 0 Å². The van der Waals surface area contributed by atoms with Crippen molar-refractivity contribution in [2.75, 3.05) is 6.61 Å². The summed E-state index contributed by atoms with van der Waals surface area (Å²) in [6, 6.07) is 0. The fourth-order valence-corrected chi connectivity index (χ4v) is 0.621. The predicted molar refractivity (Wildman–Crippen MR) is 38.6 cm³/mol. The zero-order chi connectivity index (χ0) is 8.97. The van der Waals surface area contributed by atoms with Gasteiger partial charge in [-0.2, -0.15) is 0 Å². The molecule has 0 unspecified atom stereocenters. The highest BCUT2D eigenvalue weighted by Crippen LogP contribution is 1.86. The van der Waals surface area contributed by atoms with Gasteiger partial charge in [-0.1, -0.05) is 0 Å². The molecular formula is C6H7N3O3. The first kappa shape index (κ1) is 8.38. The summed E-state index contributed by atoms with van der Waals surface area (Å²) in [6.07, 6.45) is 1.10. The smallest absolute Gasteiger partial charge is 0.364 e. The fraction of sp³-hybridized carbons (Fsp3) is 0.333. The van der Waals surface area contributed by atoms with E-state index in [9.17, 15) is 9.59 Å². The molecule has 0 aliphatic carbocycles. The Kier molecular flexibility index (Phi) is 2.52. The number of H-pyrrole nitrogens is 1. The van der Waals surface area contributed by atoms with Gasteiger partial charge in [0.2, 0.25) is 5.69 Å². The number of carbonyl (C=O) groups is 1. The quantitative estimate of drug-likeness (QED) is 0.594. The molecule has 6 heteroatoms. The Morgan fingerprint density at radius 1 is 1.75 bits per heavy atom. The average Bonchev–Trinajstić information content (AvgIpc) is 2.05. The van der Waals surface area contributed by atoms with E-state index in [4.69, 9.17) is 0 Å². The maximum absolute atomic E-state index is 10.9. The summed E-state index contributed by atoms with van der Waals surface area (Å²) in [5.41, 5.74) is -0.914. The first-order valence-corrected chi connectivity index (χ1v) is 3.33. The number of aromatic amines is 1. The molecule has 0 spiro atoms. The van der Waals surface area contributed by atoms with E-state index in [2.05, 4.69) is 19.9 Å². The Bertz CT molecular complexity index is 333. The van der Waals surface area contributed by atoms with Crippen LogP contribution in [0.4, 0.5) is 0 Å². The van der Waals surface area contributed by atoms with Crippen LogP contribution in [0.15, 0.2) is 11.1 Å². The summed E-state index contributed by atoms with van der Waals surface area (Å²) < 4.78 is 4.55. The van der Waals surface area contributed by atoms with Gasteiger partial charge in [0.25, 0.3) is 5.56 Å². The van der Waals surface area contributed by atoms with Gasteiger partial charge in [0.15, 0.2) is 0 Å². The van der Waals surface area contributed by atoms with Crippen LogP contribution < -0.4 is 5.56 Å². The van der Waals surface area contributed by atoms with Crippen LogP contribution in [0.2, 0.25) is 0 Å². The molecule has 0 atom stereocenters. The normalized spacial score (nSPS) is 9.42. The summed E-state index contributed by atoms with van der Waals surface area (Å²) >= 11 is 0. The minimum absolute atomic E-state index is 0.203. The topological polar surface area (TPSA) is 84.9 Å². The molecule has 0 saturated carbocycles. The third kappa shape index (κ3) is 1.66. The molecule has 0 amide bonds. The first-order chi connectivity index (χ1) is 5.75. The molecule has 0 aromatic carbocycles. The molecule has 0 aliphatic heterocycles. The lowest BCUT2D eigenvalue weighted by molar-refractivity contribution is 0.0515. The largest absolute Gasteiger partial charge is 0.461 e. The van der Waals surface area contributed by atoms with E-state index in [1.54, 1.807) is 6.92 Å². The predicted octanol–water partition coefficient (Wildman–Crippen LogP) is -0.658. The van der Waals surface area contributed by atoms with Gasteiger partial charge < -0.3 is 9.72 Å². The minimum atomic E-state index is -0.758. The van der Waals surface area contributed by atoms with Crippen LogP contribution in [0.25, 0.3) is 0 Å². The number of ether oxygens (including phenoxy) is 1. The molecule has 1 N–H and O–H groups in total. The van der Waals surface area contributed by atoms with E-state index in [1.807, 2.05) is 0 Å². The second-order valence-electron chi connectivity index (χ2n) is 1.89. The number of nitrogens with one attached hydrogen (secondary N) is 1. The second kappa shape index (κ2) is 3.61. The first-order valence-electron chi connectivity index (χ1n) is 3.33. The molecule has 0 bridgehead atoms. The minimum Gasteiger partial charge on any atom is -0.461 e. The van der Waals surface area contributed by atoms with Gasteiger partial charge in [-0.25, -0.2) is 4.79 Å². The van der Waals surface area contributed by atoms with Gasteiger partial charge in [-0.3, -0.25) is 4.79 Å². The molecule has 1 aromatic rings. The fourth-order valence-electron chi connectivity index (χ4n) is 0.621. The molecule has 0 fully saturated rings. The lowest BCUT2D eigenvalue weighted by atomic mass is 10.5. The van der Waals surface area contributed by atoms with Crippen LogP contribution in [0.3, 0.4) is 0 Å². The Morgan fingerprint density at radius 2 is 2.50 bits per heavy atom. The standard InChI is InChI=1S/C6H7N3O3/c1-2-12-6(11)4-5(10)7-3-8-9-4/h3H,2H2,1H3,(H,7,8,10). The van der Waals surface area contributed by atoms with Gasteiger partial charge >= 0.3 is 5.97 Å². The van der Waals surface area contributed by atoms with Crippen LogP contribution >= 0.6 is 0 Å². The van der Waals surface area contributed by atoms with Crippen molar-refractivity contribution in [3.63, 3.8) is 0 Å². The SMILES string of the molecule is CCOC(=O)c1nnc[nH]c1=O. The van der Waals surface area contributed by atoms with Gasteiger partial charge in [-0.05, 0) is 6.92 Å². The van der Waals surface area contributed by atoms with Crippen molar-refractivity contribution in [2.45, 2.75) is 6.92 Å². The van der Waals surface area contributed by atoms with Crippen LogP contribution in [0.1, 0.15) is 17.4 Å². The van der Waals surface area contributed by atoms with E-state index in [0.29, 0.717) is 0 Å². The molecule has 1 rings (SSSR count). The molecule has 0 radical (unpaired) electrons. The molecule has 0 saturated heterocycles. The van der Waals surface area contributed by atoms with E-state index >= 15 is 0 Å². The number of carbonyl (C=O) groups excluding carboxylic acids is 1. The summed E-state index contributed by atoms with van der Waals surface area (Å²) in [6.45, 7) is 1.84. The molecule has 0 aliphatic rings. The van der Waals surface area contributed by atoms with Crippen LogP contribution in [-0.2, 0) is 4.74 Å². The van der Waals surface area contributed by atoms with Crippen molar-refractivity contribution in [3.05, 3.63) is 22.4 Å². The lowest BCUT2D eigenvalue weighted by Crippen LogP contribution is -2.22. The maximum atomic E-state index is 10.9. The van der Waals surface area contributed by atoms with Crippen molar-refractivity contribution < 1.29 is 9.53 Å². The van der Waals surface area contributed by atoms with Crippen LogP contribution in [0, 0.1) is 0 Å².